The van der Waals surface area contributed by atoms with Crippen molar-refractivity contribution in [3.8, 4) is 0 Å². The van der Waals surface area contributed by atoms with E-state index >= 15 is 0 Å². The zero-order chi connectivity index (χ0) is 16.6. The molecule has 0 aromatic carbocycles. The van der Waals surface area contributed by atoms with Gasteiger partial charge in [-0.2, -0.15) is 0 Å². The lowest BCUT2D eigenvalue weighted by Crippen LogP contribution is -2.66. The zero-order valence-electron chi connectivity index (χ0n) is 12.7. The van der Waals surface area contributed by atoms with E-state index in [1.54, 1.807) is 23.5 Å². The molecule has 0 amide bonds. The summed E-state index contributed by atoms with van der Waals surface area (Å²) in [4.78, 5) is 0. The Labute approximate surface area is 156 Å². The van der Waals surface area contributed by atoms with Crippen molar-refractivity contribution in [1.82, 2.24) is 29.7 Å². The summed E-state index contributed by atoms with van der Waals surface area (Å²) in [6.07, 6.45) is 0. The fourth-order valence-electron chi connectivity index (χ4n) is 3.41. The Morgan fingerprint density at radius 2 is 1.21 bits per heavy atom. The van der Waals surface area contributed by atoms with Crippen LogP contribution < -0.4 is 10.9 Å². The van der Waals surface area contributed by atoms with Gasteiger partial charge in [-0.3, -0.25) is 0 Å². The van der Waals surface area contributed by atoms with Crippen LogP contribution in [0.1, 0.15) is 11.6 Å². The molecule has 1 aliphatic carbocycles. The summed E-state index contributed by atoms with van der Waals surface area (Å²) in [5, 5.41) is 18.3. The molecule has 0 spiro atoms. The van der Waals surface area contributed by atoms with Gasteiger partial charge in [0.1, 0.15) is 11.6 Å². The number of nitrogens with one attached hydrogen (secondary N) is 2. The Bertz CT molecular complexity index is 743. The third-order valence-corrected chi connectivity index (χ3v) is 8.70. The van der Waals surface area contributed by atoms with Crippen molar-refractivity contribution in [2.45, 2.75) is 57.5 Å². The van der Waals surface area contributed by atoms with E-state index in [0.717, 1.165) is 22.0 Å². The lowest BCUT2D eigenvalue weighted by Gasteiger charge is -2.50. The van der Waals surface area contributed by atoms with Crippen LogP contribution >= 0.6 is 46.7 Å². The van der Waals surface area contributed by atoms with Crippen LogP contribution in [0, 0.1) is 13.8 Å². The number of aromatic nitrogens is 6. The predicted molar refractivity (Wildman–Crippen MR) is 94.4 cm³/mol. The molecular formula is C12H14Cl2N8S2. The van der Waals surface area contributed by atoms with Crippen molar-refractivity contribution in [1.29, 1.82) is 0 Å². The van der Waals surface area contributed by atoms with Crippen LogP contribution in [0.15, 0.2) is 10.3 Å². The molecule has 0 radical (unpaired) electrons. The van der Waals surface area contributed by atoms with Gasteiger partial charge in [-0.05, 0) is 13.8 Å². The first-order chi connectivity index (χ1) is 11.5. The minimum Gasteiger partial charge on any atom is -0.316 e. The highest BCUT2D eigenvalue weighted by atomic mass is 35.5. The molecule has 3 aliphatic rings. The largest absolute Gasteiger partial charge is 0.316 e. The molecule has 12 heteroatoms. The van der Waals surface area contributed by atoms with Crippen molar-refractivity contribution in [2.24, 2.45) is 0 Å². The summed E-state index contributed by atoms with van der Waals surface area (Å²) >= 11 is 17.0. The Hall–Kier alpha value is -0.840. The van der Waals surface area contributed by atoms with Gasteiger partial charge >= 0.3 is 0 Å². The summed E-state index contributed by atoms with van der Waals surface area (Å²) in [5.41, 5.74) is 6.92. The number of nitrogens with zero attached hydrogens (tertiary/aromatic N) is 6. The van der Waals surface area contributed by atoms with Gasteiger partial charge in [0.2, 0.25) is 10.3 Å². The number of hydrogen-bond acceptors (Lipinski definition) is 8. The van der Waals surface area contributed by atoms with Crippen molar-refractivity contribution in [2.75, 3.05) is 10.9 Å². The molecule has 2 aromatic rings. The Balaban J connectivity index is 1.52. The minimum atomic E-state index is -0.124. The number of alkyl halides is 2. The second-order valence-corrected chi connectivity index (χ2v) is 9.39. The molecule has 2 aromatic heterocycles. The third kappa shape index (κ3) is 2.03. The van der Waals surface area contributed by atoms with Gasteiger partial charge in [-0.25, -0.2) is 9.35 Å². The van der Waals surface area contributed by atoms with Crippen molar-refractivity contribution in [3.05, 3.63) is 11.6 Å². The van der Waals surface area contributed by atoms with Crippen LogP contribution in [0.5, 0.6) is 0 Å². The van der Waals surface area contributed by atoms with Gasteiger partial charge in [0.15, 0.2) is 0 Å². The van der Waals surface area contributed by atoms with Gasteiger partial charge in [-0.15, -0.1) is 43.6 Å². The molecular weight excluding hydrogens is 391 g/mol. The van der Waals surface area contributed by atoms with E-state index < -0.39 is 0 Å². The third-order valence-electron chi connectivity index (χ3n) is 4.65. The SMILES string of the molecule is Cc1nnc2n1NC1C(Cl)C3Sc4nnc(C)n4NC3C(Cl)C1S2. The molecule has 2 aliphatic heterocycles. The number of thioether (sulfide) groups is 2. The Kier molecular flexibility index (Phi) is 3.42. The predicted octanol–water partition coefficient (Wildman–Crippen LogP) is 1.19. The Morgan fingerprint density at radius 3 is 1.62 bits per heavy atom. The fourth-order valence-corrected chi connectivity index (χ4v) is 7.23. The highest BCUT2D eigenvalue weighted by Gasteiger charge is 2.54. The van der Waals surface area contributed by atoms with E-state index in [0.29, 0.717) is 0 Å². The molecule has 4 heterocycles. The van der Waals surface area contributed by atoms with E-state index in [4.69, 9.17) is 23.2 Å². The number of halogens is 2. The number of aryl methyl sites for hydroxylation is 2. The topological polar surface area (TPSA) is 85.5 Å². The van der Waals surface area contributed by atoms with Crippen molar-refractivity contribution >= 4 is 46.7 Å². The van der Waals surface area contributed by atoms with Crippen molar-refractivity contribution < 1.29 is 0 Å². The van der Waals surface area contributed by atoms with E-state index in [9.17, 15) is 0 Å². The van der Waals surface area contributed by atoms with Crippen LogP contribution in [0.2, 0.25) is 0 Å². The van der Waals surface area contributed by atoms with Gasteiger partial charge in [-0.1, -0.05) is 23.5 Å². The first-order valence-electron chi connectivity index (χ1n) is 7.53. The zero-order valence-corrected chi connectivity index (χ0v) is 15.9. The van der Waals surface area contributed by atoms with E-state index in [-0.39, 0.29) is 33.3 Å². The molecule has 128 valence electrons. The highest BCUT2D eigenvalue weighted by Crippen LogP contribution is 2.47. The molecule has 6 atom stereocenters. The summed E-state index contributed by atoms with van der Waals surface area (Å²) in [6.45, 7) is 3.83. The van der Waals surface area contributed by atoms with E-state index in [1.165, 1.54) is 0 Å². The van der Waals surface area contributed by atoms with Crippen LogP contribution in [-0.2, 0) is 0 Å². The molecule has 1 fully saturated rings. The molecule has 8 nitrogen and oxygen atoms in total. The van der Waals surface area contributed by atoms with Gasteiger partial charge < -0.3 is 10.9 Å². The minimum absolute atomic E-state index is 0.0208. The van der Waals surface area contributed by atoms with Gasteiger partial charge in [0, 0.05) is 0 Å². The fraction of sp³-hybridized carbons (Fsp3) is 0.667. The second kappa shape index (κ2) is 5.33. The molecule has 0 bridgehead atoms. The summed E-state index contributed by atoms with van der Waals surface area (Å²) in [7, 11) is 0. The molecule has 6 unspecified atom stereocenters. The normalized spacial score (nSPS) is 36.7. The standard InChI is InChI=1S/C12H14Cl2N8S2/c1-3-15-17-11-21(3)19-7-5(13)10-8(6(14)9(7)23-11)20-22-4(2)16-18-12(22)24-10/h5-10,19-20H,1-2H3. The highest BCUT2D eigenvalue weighted by molar-refractivity contribution is 8.00. The lowest BCUT2D eigenvalue weighted by atomic mass is 9.89. The average molecular weight is 405 g/mol. The van der Waals surface area contributed by atoms with Crippen LogP contribution in [-0.4, -0.2) is 63.1 Å². The Morgan fingerprint density at radius 1 is 0.792 bits per heavy atom. The molecule has 5 rings (SSSR count). The first-order valence-corrected chi connectivity index (χ1v) is 10.2. The van der Waals surface area contributed by atoms with E-state index in [2.05, 4.69) is 31.2 Å². The van der Waals surface area contributed by atoms with Crippen LogP contribution in [0.25, 0.3) is 0 Å². The maximum atomic E-state index is 6.88. The second-order valence-electron chi connectivity index (χ2n) is 6.09. The number of hydrogen-bond donors (Lipinski definition) is 2. The molecule has 1 saturated carbocycles. The maximum absolute atomic E-state index is 6.88. The maximum Gasteiger partial charge on any atom is 0.210 e. The van der Waals surface area contributed by atoms with Crippen molar-refractivity contribution in [3.63, 3.8) is 0 Å². The number of fused-ring (bicyclic) bond motifs is 4. The summed E-state index contributed by atoms with van der Waals surface area (Å²) in [6, 6.07) is 0.0416. The van der Waals surface area contributed by atoms with Crippen LogP contribution in [0.4, 0.5) is 0 Å². The smallest absolute Gasteiger partial charge is 0.210 e. The van der Waals surface area contributed by atoms with E-state index in [1.807, 2.05) is 23.2 Å². The molecule has 2 N–H and O–H groups in total. The lowest BCUT2D eigenvalue weighted by molar-refractivity contribution is 0.396. The number of rotatable bonds is 0. The molecule has 24 heavy (non-hydrogen) atoms. The summed E-state index contributed by atoms with van der Waals surface area (Å²) < 4.78 is 3.80. The first kappa shape index (κ1) is 15.4. The van der Waals surface area contributed by atoms with Gasteiger partial charge in [0.25, 0.3) is 0 Å². The quantitative estimate of drug-likeness (QED) is 0.633. The van der Waals surface area contributed by atoms with Crippen LogP contribution in [0.3, 0.4) is 0 Å². The summed E-state index contributed by atoms with van der Waals surface area (Å²) in [5.74, 6) is 1.63. The molecule has 0 saturated heterocycles. The van der Waals surface area contributed by atoms with Gasteiger partial charge in [0.05, 0.1) is 33.3 Å². The average Bonchev–Trinajstić information content (AvgIpc) is 3.13. The monoisotopic (exact) mass is 404 g/mol.